The molecule has 1 atom stereocenters. The molecule has 0 aromatic carbocycles. The molecule has 1 aliphatic heterocycles. The Balaban J connectivity index is 2.09. The van der Waals surface area contributed by atoms with Crippen LogP contribution in [-0.2, 0) is 10.8 Å². The Morgan fingerprint density at radius 3 is 2.72 bits per heavy atom. The number of fused-ring (bicyclic) bond motifs is 1. The van der Waals surface area contributed by atoms with Crippen LogP contribution in [0.25, 0.3) is 4.96 Å². The zero-order valence-electron chi connectivity index (χ0n) is 11.3. The maximum Gasteiger partial charge on any atom is 0.234 e. The molecule has 1 fully saturated rings. The Morgan fingerprint density at radius 2 is 2.11 bits per heavy atom. The molecule has 1 saturated heterocycles. The molecule has 98 valence electrons. The van der Waals surface area contributed by atoms with E-state index in [1.807, 2.05) is 4.52 Å². The lowest BCUT2D eigenvalue weighted by molar-refractivity contribution is 0.496. The normalized spacial score (nSPS) is 25.1. The topological polar surface area (TPSA) is 55.1 Å². The van der Waals surface area contributed by atoms with Crippen LogP contribution < -0.4 is 5.32 Å². The Hall–Kier alpha value is -1.01. The van der Waals surface area contributed by atoms with E-state index >= 15 is 0 Å². The van der Waals surface area contributed by atoms with Gasteiger partial charge in [0.05, 0.1) is 0 Å². The first-order chi connectivity index (χ1) is 8.40. The summed E-state index contributed by atoms with van der Waals surface area (Å²) < 4.78 is 1.92. The summed E-state index contributed by atoms with van der Waals surface area (Å²) in [6.45, 7) is 10.8. The third kappa shape index (κ3) is 1.75. The number of nitrogens with zero attached hydrogens (tertiary/aromatic N) is 4. The van der Waals surface area contributed by atoms with E-state index in [4.69, 9.17) is 5.10 Å². The van der Waals surface area contributed by atoms with Gasteiger partial charge in [-0.3, -0.25) is 0 Å². The van der Waals surface area contributed by atoms with Crippen molar-refractivity contribution in [2.24, 2.45) is 0 Å². The van der Waals surface area contributed by atoms with Gasteiger partial charge in [-0.2, -0.15) is 9.61 Å². The molecule has 1 unspecified atom stereocenters. The van der Waals surface area contributed by atoms with E-state index in [0.29, 0.717) is 0 Å². The molecule has 5 nitrogen and oxygen atoms in total. The van der Waals surface area contributed by atoms with E-state index < -0.39 is 0 Å². The first kappa shape index (κ1) is 12.0. The van der Waals surface area contributed by atoms with Gasteiger partial charge in [0.1, 0.15) is 5.01 Å². The van der Waals surface area contributed by atoms with E-state index in [1.54, 1.807) is 11.3 Å². The van der Waals surface area contributed by atoms with Gasteiger partial charge >= 0.3 is 0 Å². The van der Waals surface area contributed by atoms with Crippen LogP contribution in [0, 0.1) is 0 Å². The summed E-state index contributed by atoms with van der Waals surface area (Å²) in [5, 5.41) is 17.9. The molecule has 2 aromatic rings. The molecule has 0 aliphatic carbocycles. The molecule has 6 heteroatoms. The van der Waals surface area contributed by atoms with E-state index in [-0.39, 0.29) is 10.8 Å². The van der Waals surface area contributed by atoms with Gasteiger partial charge < -0.3 is 5.32 Å². The molecule has 0 bridgehead atoms. The van der Waals surface area contributed by atoms with Gasteiger partial charge in [-0.1, -0.05) is 39.0 Å². The fourth-order valence-corrected chi connectivity index (χ4v) is 3.34. The molecule has 1 N–H and O–H groups in total. The molecule has 0 spiro atoms. The van der Waals surface area contributed by atoms with Gasteiger partial charge in [0.15, 0.2) is 5.82 Å². The predicted octanol–water partition coefficient (Wildman–Crippen LogP) is 1.73. The maximum absolute atomic E-state index is 4.76. The minimum atomic E-state index is -0.0282. The molecule has 3 rings (SSSR count). The van der Waals surface area contributed by atoms with Crippen LogP contribution in [0.3, 0.4) is 0 Å². The Bertz CT molecular complexity index is 571. The summed E-state index contributed by atoms with van der Waals surface area (Å²) >= 11 is 1.67. The van der Waals surface area contributed by atoms with Crippen LogP contribution in [-0.4, -0.2) is 32.9 Å². The van der Waals surface area contributed by atoms with Crippen LogP contribution in [0.15, 0.2) is 0 Å². The summed E-state index contributed by atoms with van der Waals surface area (Å²) in [6.07, 6.45) is 1.14. The molecular weight excluding hydrogens is 246 g/mol. The summed E-state index contributed by atoms with van der Waals surface area (Å²) in [5.74, 6) is 0.939. The average Bonchev–Trinajstić information content (AvgIpc) is 2.87. The SMILES string of the molecule is CC(C)(C)c1nnc2sc(C3(C)CCNC3)nn12. The van der Waals surface area contributed by atoms with Crippen molar-refractivity contribution < 1.29 is 0 Å². The number of hydrogen-bond donors (Lipinski definition) is 1. The summed E-state index contributed by atoms with van der Waals surface area (Å²) in [7, 11) is 0. The molecule has 0 radical (unpaired) electrons. The largest absolute Gasteiger partial charge is 0.316 e. The minimum absolute atomic E-state index is 0.0282. The second-order valence-corrected chi connectivity index (χ2v) is 7.32. The summed E-state index contributed by atoms with van der Waals surface area (Å²) in [5.41, 5.74) is 0.125. The van der Waals surface area contributed by atoms with E-state index in [1.165, 1.54) is 5.01 Å². The summed E-state index contributed by atoms with van der Waals surface area (Å²) in [6, 6.07) is 0. The maximum atomic E-state index is 4.76. The molecule has 1 aliphatic rings. The van der Waals surface area contributed by atoms with Crippen molar-refractivity contribution in [1.82, 2.24) is 25.1 Å². The van der Waals surface area contributed by atoms with Crippen LogP contribution >= 0.6 is 11.3 Å². The monoisotopic (exact) mass is 265 g/mol. The van der Waals surface area contributed by atoms with Gasteiger partial charge in [-0.15, -0.1) is 10.2 Å². The fraction of sp³-hybridized carbons (Fsp3) is 0.750. The molecule has 2 aromatic heterocycles. The van der Waals surface area contributed by atoms with Crippen molar-refractivity contribution in [3.63, 3.8) is 0 Å². The number of nitrogens with one attached hydrogen (secondary N) is 1. The van der Waals surface area contributed by atoms with Gasteiger partial charge in [-0.25, -0.2) is 0 Å². The zero-order chi connectivity index (χ0) is 13.0. The third-order valence-electron chi connectivity index (χ3n) is 3.55. The summed E-state index contributed by atoms with van der Waals surface area (Å²) in [4.78, 5) is 0.906. The van der Waals surface area contributed by atoms with Crippen molar-refractivity contribution in [1.29, 1.82) is 0 Å². The third-order valence-corrected chi connectivity index (χ3v) is 4.75. The lowest BCUT2D eigenvalue weighted by Gasteiger charge is -2.18. The molecule has 3 heterocycles. The lowest BCUT2D eigenvalue weighted by Crippen LogP contribution is -2.25. The van der Waals surface area contributed by atoms with Crippen LogP contribution in [0.4, 0.5) is 0 Å². The van der Waals surface area contributed by atoms with Gasteiger partial charge in [0, 0.05) is 17.4 Å². The van der Waals surface area contributed by atoms with Crippen LogP contribution in [0.2, 0.25) is 0 Å². The van der Waals surface area contributed by atoms with Gasteiger partial charge in [-0.05, 0) is 13.0 Å². The number of aromatic nitrogens is 4. The Morgan fingerprint density at radius 1 is 1.33 bits per heavy atom. The number of hydrogen-bond acceptors (Lipinski definition) is 5. The predicted molar refractivity (Wildman–Crippen MR) is 72.2 cm³/mol. The lowest BCUT2D eigenvalue weighted by atomic mass is 9.91. The van der Waals surface area contributed by atoms with Crippen molar-refractivity contribution in [3.8, 4) is 0 Å². The van der Waals surface area contributed by atoms with E-state index in [9.17, 15) is 0 Å². The second kappa shape index (κ2) is 3.74. The fourth-order valence-electron chi connectivity index (χ4n) is 2.33. The molecular formula is C12H19N5S. The Kier molecular flexibility index (Phi) is 2.50. The van der Waals surface area contributed by atoms with Crippen molar-refractivity contribution >= 4 is 16.3 Å². The zero-order valence-corrected chi connectivity index (χ0v) is 12.1. The first-order valence-electron chi connectivity index (χ1n) is 6.34. The van der Waals surface area contributed by atoms with Crippen LogP contribution in [0.5, 0.6) is 0 Å². The molecule has 0 amide bonds. The van der Waals surface area contributed by atoms with Crippen LogP contribution in [0.1, 0.15) is 44.9 Å². The smallest absolute Gasteiger partial charge is 0.234 e. The highest BCUT2D eigenvalue weighted by Gasteiger charge is 2.35. The minimum Gasteiger partial charge on any atom is -0.316 e. The van der Waals surface area contributed by atoms with E-state index in [0.717, 1.165) is 30.3 Å². The van der Waals surface area contributed by atoms with Crippen molar-refractivity contribution in [2.75, 3.05) is 13.1 Å². The Labute approximate surface area is 111 Å². The first-order valence-corrected chi connectivity index (χ1v) is 7.16. The second-order valence-electron chi connectivity index (χ2n) is 6.36. The van der Waals surface area contributed by atoms with Gasteiger partial charge in [0.2, 0.25) is 4.96 Å². The highest BCUT2D eigenvalue weighted by molar-refractivity contribution is 7.16. The standard InChI is InChI=1S/C12H19N5S/c1-11(2,3)8-14-15-10-17(8)16-9(18-10)12(4)5-6-13-7-12/h13H,5-7H2,1-4H3. The molecule has 18 heavy (non-hydrogen) atoms. The number of rotatable bonds is 1. The highest BCUT2D eigenvalue weighted by atomic mass is 32.1. The highest BCUT2D eigenvalue weighted by Crippen LogP contribution is 2.34. The quantitative estimate of drug-likeness (QED) is 0.853. The van der Waals surface area contributed by atoms with Gasteiger partial charge in [0.25, 0.3) is 0 Å². The van der Waals surface area contributed by atoms with E-state index in [2.05, 4.69) is 43.2 Å². The molecule has 0 saturated carbocycles. The van der Waals surface area contributed by atoms with Crippen molar-refractivity contribution in [2.45, 2.75) is 44.9 Å². The average molecular weight is 265 g/mol. The van der Waals surface area contributed by atoms with Crippen molar-refractivity contribution in [3.05, 3.63) is 10.8 Å².